The highest BCUT2D eigenvalue weighted by Gasteiger charge is 2.20. The molecule has 0 radical (unpaired) electrons. The summed E-state index contributed by atoms with van der Waals surface area (Å²) < 4.78 is 5.34. The molecule has 106 valence electrons. The smallest absolute Gasteiger partial charge is 0.251 e. The second-order valence-corrected chi connectivity index (χ2v) is 5.50. The number of amides is 1. The summed E-state index contributed by atoms with van der Waals surface area (Å²) in [5.74, 6) is 0.668. The second kappa shape index (κ2) is 6.57. The van der Waals surface area contributed by atoms with E-state index < -0.39 is 0 Å². The molecule has 4 nitrogen and oxygen atoms in total. The number of carbonyl (C=O) groups excluding carboxylic acids is 1. The van der Waals surface area contributed by atoms with E-state index in [1.807, 2.05) is 12.1 Å². The summed E-state index contributed by atoms with van der Waals surface area (Å²) in [6.07, 6.45) is 0.564. The number of aliphatic hydroxyl groups excluding tert-OH is 1. The fourth-order valence-corrected chi connectivity index (χ4v) is 1.82. The maximum absolute atomic E-state index is 12.0. The second-order valence-electron chi connectivity index (χ2n) is 5.50. The van der Waals surface area contributed by atoms with Crippen LogP contribution in [0.15, 0.2) is 18.2 Å². The van der Waals surface area contributed by atoms with Gasteiger partial charge >= 0.3 is 0 Å². The van der Waals surface area contributed by atoms with Gasteiger partial charge in [0.1, 0.15) is 5.75 Å². The SMILES string of the molecule is COc1ccc(C(=O)NCCCO)cc1C(C)(C)C. The van der Waals surface area contributed by atoms with Crippen LogP contribution in [0.25, 0.3) is 0 Å². The highest BCUT2D eigenvalue weighted by molar-refractivity contribution is 5.94. The maximum Gasteiger partial charge on any atom is 0.251 e. The Bertz CT molecular complexity index is 436. The van der Waals surface area contributed by atoms with Crippen LogP contribution in [0.3, 0.4) is 0 Å². The van der Waals surface area contributed by atoms with Gasteiger partial charge in [0.2, 0.25) is 0 Å². The van der Waals surface area contributed by atoms with E-state index in [1.54, 1.807) is 13.2 Å². The first-order valence-corrected chi connectivity index (χ1v) is 6.47. The number of hydrogen-bond acceptors (Lipinski definition) is 3. The normalized spacial score (nSPS) is 11.2. The molecule has 0 aliphatic carbocycles. The molecule has 2 N–H and O–H groups in total. The Balaban J connectivity index is 2.95. The van der Waals surface area contributed by atoms with Gasteiger partial charge < -0.3 is 15.2 Å². The summed E-state index contributed by atoms with van der Waals surface area (Å²) in [4.78, 5) is 12.0. The number of aliphatic hydroxyl groups is 1. The Morgan fingerprint density at radius 1 is 1.37 bits per heavy atom. The van der Waals surface area contributed by atoms with Crippen molar-refractivity contribution in [1.82, 2.24) is 5.32 Å². The number of hydrogen-bond donors (Lipinski definition) is 2. The first kappa shape index (κ1) is 15.5. The number of rotatable bonds is 5. The molecule has 19 heavy (non-hydrogen) atoms. The minimum atomic E-state index is -0.124. The van der Waals surface area contributed by atoms with Crippen LogP contribution in [-0.2, 0) is 5.41 Å². The van der Waals surface area contributed by atoms with Crippen molar-refractivity contribution in [3.63, 3.8) is 0 Å². The summed E-state index contributed by atoms with van der Waals surface area (Å²) in [6, 6.07) is 5.44. The molecule has 0 unspecified atom stereocenters. The molecular formula is C15H23NO3. The lowest BCUT2D eigenvalue weighted by Gasteiger charge is -2.22. The molecule has 0 saturated carbocycles. The van der Waals surface area contributed by atoms with E-state index in [-0.39, 0.29) is 17.9 Å². The number of benzene rings is 1. The zero-order chi connectivity index (χ0) is 14.5. The van der Waals surface area contributed by atoms with E-state index in [0.717, 1.165) is 11.3 Å². The molecule has 1 amide bonds. The van der Waals surface area contributed by atoms with Crippen molar-refractivity contribution in [2.24, 2.45) is 0 Å². The van der Waals surface area contributed by atoms with Gasteiger partial charge in [-0.25, -0.2) is 0 Å². The van der Waals surface area contributed by atoms with Crippen LogP contribution in [0.5, 0.6) is 5.75 Å². The Morgan fingerprint density at radius 3 is 2.58 bits per heavy atom. The first-order valence-electron chi connectivity index (χ1n) is 6.47. The van der Waals surface area contributed by atoms with Crippen molar-refractivity contribution in [2.45, 2.75) is 32.6 Å². The molecule has 0 aromatic heterocycles. The fourth-order valence-electron chi connectivity index (χ4n) is 1.82. The van der Waals surface area contributed by atoms with E-state index in [4.69, 9.17) is 9.84 Å². The first-order chi connectivity index (χ1) is 8.90. The van der Waals surface area contributed by atoms with Crippen LogP contribution in [0, 0.1) is 0 Å². The van der Waals surface area contributed by atoms with Gasteiger partial charge in [0.05, 0.1) is 7.11 Å². The number of nitrogens with one attached hydrogen (secondary N) is 1. The van der Waals surface area contributed by atoms with E-state index in [2.05, 4.69) is 26.1 Å². The van der Waals surface area contributed by atoms with Crippen LogP contribution in [0.2, 0.25) is 0 Å². The van der Waals surface area contributed by atoms with Gasteiger partial charge in [-0.3, -0.25) is 4.79 Å². The molecule has 0 aliphatic heterocycles. The number of ether oxygens (including phenoxy) is 1. The largest absolute Gasteiger partial charge is 0.496 e. The molecular weight excluding hydrogens is 242 g/mol. The van der Waals surface area contributed by atoms with Crippen LogP contribution >= 0.6 is 0 Å². The third kappa shape index (κ3) is 4.24. The zero-order valence-corrected chi connectivity index (χ0v) is 12.1. The van der Waals surface area contributed by atoms with Crippen molar-refractivity contribution in [3.05, 3.63) is 29.3 Å². The lowest BCUT2D eigenvalue weighted by atomic mass is 9.85. The summed E-state index contributed by atoms with van der Waals surface area (Å²) in [6.45, 7) is 6.80. The Kier molecular flexibility index (Phi) is 5.36. The fraction of sp³-hybridized carbons (Fsp3) is 0.533. The molecule has 0 atom stereocenters. The monoisotopic (exact) mass is 265 g/mol. The summed E-state index contributed by atoms with van der Waals surface area (Å²) in [5.41, 5.74) is 1.53. The van der Waals surface area contributed by atoms with E-state index in [1.165, 1.54) is 0 Å². The standard InChI is InChI=1S/C15H23NO3/c1-15(2,3)12-10-11(6-7-13(12)19-4)14(18)16-8-5-9-17/h6-7,10,17H,5,8-9H2,1-4H3,(H,16,18). The van der Waals surface area contributed by atoms with Gasteiger partial charge in [0.15, 0.2) is 0 Å². The van der Waals surface area contributed by atoms with Crippen LogP contribution in [0.1, 0.15) is 43.1 Å². The highest BCUT2D eigenvalue weighted by Crippen LogP contribution is 2.31. The van der Waals surface area contributed by atoms with Gasteiger partial charge in [-0.05, 0) is 30.0 Å². The Labute approximate surface area is 114 Å². The summed E-state index contributed by atoms with van der Waals surface area (Å²) in [7, 11) is 1.63. The van der Waals surface area contributed by atoms with E-state index in [0.29, 0.717) is 18.5 Å². The lowest BCUT2D eigenvalue weighted by Crippen LogP contribution is -2.25. The minimum Gasteiger partial charge on any atom is -0.496 e. The molecule has 0 saturated heterocycles. The van der Waals surface area contributed by atoms with Crippen LogP contribution in [0.4, 0.5) is 0 Å². The third-order valence-corrected chi connectivity index (χ3v) is 2.89. The predicted octanol–water partition coefficient (Wildman–Crippen LogP) is 2.10. The molecule has 1 rings (SSSR count). The van der Waals surface area contributed by atoms with E-state index in [9.17, 15) is 4.79 Å². The minimum absolute atomic E-state index is 0.0795. The Morgan fingerprint density at radius 2 is 2.05 bits per heavy atom. The molecule has 0 spiro atoms. The maximum atomic E-state index is 12.0. The summed E-state index contributed by atoms with van der Waals surface area (Å²) in [5, 5.41) is 11.5. The Hall–Kier alpha value is -1.55. The van der Waals surface area contributed by atoms with Gasteiger partial charge in [0.25, 0.3) is 5.91 Å². The summed E-state index contributed by atoms with van der Waals surface area (Å²) >= 11 is 0. The molecule has 0 aliphatic rings. The van der Waals surface area contributed by atoms with Crippen molar-refractivity contribution < 1.29 is 14.6 Å². The van der Waals surface area contributed by atoms with Gasteiger partial charge in [-0.15, -0.1) is 0 Å². The zero-order valence-electron chi connectivity index (χ0n) is 12.1. The predicted molar refractivity (Wildman–Crippen MR) is 75.7 cm³/mol. The topological polar surface area (TPSA) is 58.6 Å². The molecule has 0 fully saturated rings. The number of carbonyl (C=O) groups is 1. The van der Waals surface area contributed by atoms with E-state index >= 15 is 0 Å². The molecule has 0 bridgehead atoms. The average Bonchev–Trinajstić information content (AvgIpc) is 2.37. The highest BCUT2D eigenvalue weighted by atomic mass is 16.5. The van der Waals surface area contributed by atoms with Crippen molar-refractivity contribution in [1.29, 1.82) is 0 Å². The average molecular weight is 265 g/mol. The van der Waals surface area contributed by atoms with Crippen molar-refractivity contribution in [3.8, 4) is 5.75 Å². The van der Waals surface area contributed by atoms with Gasteiger partial charge in [-0.1, -0.05) is 20.8 Å². The third-order valence-electron chi connectivity index (χ3n) is 2.89. The molecule has 1 aromatic rings. The lowest BCUT2D eigenvalue weighted by molar-refractivity contribution is 0.0951. The quantitative estimate of drug-likeness (QED) is 0.802. The molecule has 1 aromatic carbocycles. The van der Waals surface area contributed by atoms with Crippen LogP contribution in [-0.4, -0.2) is 31.3 Å². The molecule has 0 heterocycles. The molecule has 4 heteroatoms. The van der Waals surface area contributed by atoms with Gasteiger partial charge in [0, 0.05) is 24.3 Å². The van der Waals surface area contributed by atoms with Gasteiger partial charge in [-0.2, -0.15) is 0 Å². The number of methoxy groups -OCH3 is 1. The van der Waals surface area contributed by atoms with Crippen LogP contribution < -0.4 is 10.1 Å². The van der Waals surface area contributed by atoms with Crippen molar-refractivity contribution >= 4 is 5.91 Å². The van der Waals surface area contributed by atoms with Crippen molar-refractivity contribution in [2.75, 3.05) is 20.3 Å².